The van der Waals surface area contributed by atoms with E-state index in [1.54, 1.807) is 0 Å². The fraction of sp³-hybridized carbons (Fsp3) is 0.941. The number of unbranched alkanes of at least 4 members (excludes halogenated alkanes) is 4. The molecule has 0 aromatic carbocycles. The number of rotatable bonds is 13. The van der Waals surface area contributed by atoms with E-state index in [1.807, 2.05) is 0 Å². The molecule has 1 unspecified atom stereocenters. The summed E-state index contributed by atoms with van der Waals surface area (Å²) >= 11 is 0. The quantitative estimate of drug-likeness (QED) is 0.292. The molecule has 128 valence electrons. The zero-order valence-electron chi connectivity index (χ0n) is 13.8. The van der Waals surface area contributed by atoms with Crippen LogP contribution in [-0.4, -0.2) is 38.9 Å². The number of hydrogen-bond acceptors (Lipinski definition) is 5. The minimum Gasteiger partial charge on any atom is -0.438 e. The fourth-order valence-corrected chi connectivity index (χ4v) is 2.63. The van der Waals surface area contributed by atoms with Crippen LogP contribution in [0.5, 0.6) is 0 Å². The Balaban J connectivity index is 1.32. The van der Waals surface area contributed by atoms with Crippen molar-refractivity contribution in [1.82, 2.24) is 0 Å². The standard InChI is InChI=1S/C17H30O5/c1-19-16(18)22-17(14-21-17)11-5-2-3-6-12-20-13-7-4-8-15-9-10-15/h15H,2-14H2,1H3. The zero-order valence-corrected chi connectivity index (χ0v) is 13.8. The van der Waals surface area contributed by atoms with Crippen molar-refractivity contribution in [3.05, 3.63) is 0 Å². The highest BCUT2D eigenvalue weighted by Gasteiger charge is 2.49. The van der Waals surface area contributed by atoms with Crippen LogP contribution in [0, 0.1) is 5.92 Å². The van der Waals surface area contributed by atoms with Gasteiger partial charge < -0.3 is 18.9 Å². The van der Waals surface area contributed by atoms with Crippen LogP contribution in [0.15, 0.2) is 0 Å². The van der Waals surface area contributed by atoms with E-state index < -0.39 is 11.9 Å². The van der Waals surface area contributed by atoms with Gasteiger partial charge in [-0.25, -0.2) is 4.79 Å². The number of ether oxygens (including phenoxy) is 4. The lowest BCUT2D eigenvalue weighted by Crippen LogP contribution is -2.21. The number of carbonyl (C=O) groups is 1. The summed E-state index contributed by atoms with van der Waals surface area (Å²) in [6.45, 7) is 2.27. The molecule has 0 aromatic heterocycles. The normalized spacial score (nSPS) is 23.3. The van der Waals surface area contributed by atoms with Crippen LogP contribution in [-0.2, 0) is 18.9 Å². The lowest BCUT2D eigenvalue weighted by Gasteiger charge is -2.11. The Kier molecular flexibility index (Phi) is 7.46. The first-order chi connectivity index (χ1) is 10.7. The lowest BCUT2D eigenvalue weighted by molar-refractivity contribution is -0.0324. The van der Waals surface area contributed by atoms with E-state index in [0.717, 1.165) is 51.2 Å². The van der Waals surface area contributed by atoms with Gasteiger partial charge in [0.25, 0.3) is 0 Å². The van der Waals surface area contributed by atoms with E-state index in [0.29, 0.717) is 6.61 Å². The molecule has 5 heteroatoms. The molecule has 0 bridgehead atoms. The molecule has 0 N–H and O–H groups in total. The Morgan fingerprint density at radius 1 is 1.09 bits per heavy atom. The minimum atomic E-state index is -0.689. The van der Waals surface area contributed by atoms with Gasteiger partial charge in [0.1, 0.15) is 6.61 Å². The van der Waals surface area contributed by atoms with Gasteiger partial charge in [-0.05, 0) is 25.2 Å². The first kappa shape index (κ1) is 17.5. The van der Waals surface area contributed by atoms with Crippen molar-refractivity contribution in [1.29, 1.82) is 0 Å². The molecule has 1 saturated heterocycles. The number of carbonyl (C=O) groups excluding carboxylic acids is 1. The van der Waals surface area contributed by atoms with E-state index in [1.165, 1.54) is 39.2 Å². The predicted octanol–water partition coefficient (Wildman–Crippen LogP) is 4.04. The van der Waals surface area contributed by atoms with Crippen molar-refractivity contribution in [2.24, 2.45) is 5.92 Å². The molecule has 2 rings (SSSR count). The van der Waals surface area contributed by atoms with Gasteiger partial charge in [-0.15, -0.1) is 0 Å². The lowest BCUT2D eigenvalue weighted by atomic mass is 10.1. The Hall–Kier alpha value is -0.810. The molecular formula is C17H30O5. The van der Waals surface area contributed by atoms with E-state index in [4.69, 9.17) is 14.2 Å². The number of hydrogen-bond donors (Lipinski definition) is 0. The Morgan fingerprint density at radius 3 is 2.41 bits per heavy atom. The first-order valence-corrected chi connectivity index (χ1v) is 8.73. The smallest absolute Gasteiger partial charge is 0.438 e. The maximum atomic E-state index is 11.0. The van der Waals surface area contributed by atoms with Crippen molar-refractivity contribution in [3.63, 3.8) is 0 Å². The summed E-state index contributed by atoms with van der Waals surface area (Å²) in [5.41, 5.74) is 0. The van der Waals surface area contributed by atoms with Crippen LogP contribution < -0.4 is 0 Å². The molecule has 1 aliphatic heterocycles. The second kappa shape index (κ2) is 9.36. The maximum absolute atomic E-state index is 11.0. The van der Waals surface area contributed by atoms with Gasteiger partial charge in [0.2, 0.25) is 5.79 Å². The molecule has 0 amide bonds. The molecule has 1 heterocycles. The van der Waals surface area contributed by atoms with Crippen LogP contribution >= 0.6 is 0 Å². The maximum Gasteiger partial charge on any atom is 0.510 e. The highest BCUT2D eigenvalue weighted by molar-refractivity contribution is 5.60. The topological polar surface area (TPSA) is 57.3 Å². The van der Waals surface area contributed by atoms with Crippen molar-refractivity contribution in [2.75, 3.05) is 26.9 Å². The van der Waals surface area contributed by atoms with E-state index in [-0.39, 0.29) is 0 Å². The highest BCUT2D eigenvalue weighted by Crippen LogP contribution is 2.35. The molecule has 1 saturated carbocycles. The Labute approximate surface area is 133 Å². The molecule has 1 aliphatic carbocycles. The summed E-state index contributed by atoms with van der Waals surface area (Å²) in [6.07, 6.45) is 11.3. The van der Waals surface area contributed by atoms with E-state index >= 15 is 0 Å². The SMILES string of the molecule is COC(=O)OC1(CCCCCCOCCCCC2CC2)CO1. The van der Waals surface area contributed by atoms with Gasteiger partial charge >= 0.3 is 6.16 Å². The summed E-state index contributed by atoms with van der Waals surface area (Å²) < 4.78 is 20.5. The minimum absolute atomic E-state index is 0.492. The van der Waals surface area contributed by atoms with Gasteiger partial charge in [0.05, 0.1) is 7.11 Å². The third-order valence-corrected chi connectivity index (χ3v) is 4.35. The van der Waals surface area contributed by atoms with E-state index in [9.17, 15) is 4.79 Å². The van der Waals surface area contributed by atoms with Gasteiger partial charge in [-0.2, -0.15) is 0 Å². The Morgan fingerprint density at radius 2 is 1.77 bits per heavy atom. The zero-order chi connectivity index (χ0) is 15.7. The monoisotopic (exact) mass is 314 g/mol. The molecular weight excluding hydrogens is 284 g/mol. The third-order valence-electron chi connectivity index (χ3n) is 4.35. The highest BCUT2D eigenvalue weighted by atomic mass is 16.8. The molecule has 1 atom stereocenters. The summed E-state index contributed by atoms with van der Waals surface area (Å²) in [6, 6.07) is 0. The average molecular weight is 314 g/mol. The van der Waals surface area contributed by atoms with Crippen LogP contribution in [0.3, 0.4) is 0 Å². The predicted molar refractivity (Wildman–Crippen MR) is 82.7 cm³/mol. The van der Waals surface area contributed by atoms with Crippen molar-refractivity contribution >= 4 is 6.16 Å². The van der Waals surface area contributed by atoms with Crippen molar-refractivity contribution in [3.8, 4) is 0 Å². The van der Waals surface area contributed by atoms with Crippen LogP contribution in [0.25, 0.3) is 0 Å². The average Bonchev–Trinajstić information content (AvgIpc) is 3.42. The largest absolute Gasteiger partial charge is 0.510 e. The van der Waals surface area contributed by atoms with Crippen molar-refractivity contribution in [2.45, 2.75) is 70.0 Å². The van der Waals surface area contributed by atoms with Gasteiger partial charge in [-0.3, -0.25) is 0 Å². The first-order valence-electron chi connectivity index (χ1n) is 8.73. The van der Waals surface area contributed by atoms with Crippen LogP contribution in [0.4, 0.5) is 4.79 Å². The van der Waals surface area contributed by atoms with Gasteiger partial charge in [-0.1, -0.05) is 38.5 Å². The molecule has 0 radical (unpaired) electrons. The van der Waals surface area contributed by atoms with Gasteiger partial charge in [0.15, 0.2) is 0 Å². The summed E-state index contributed by atoms with van der Waals surface area (Å²) in [5, 5.41) is 0. The molecule has 0 spiro atoms. The summed E-state index contributed by atoms with van der Waals surface area (Å²) in [4.78, 5) is 11.0. The third kappa shape index (κ3) is 7.45. The summed E-state index contributed by atoms with van der Waals surface area (Å²) in [7, 11) is 1.31. The Bertz CT molecular complexity index is 323. The number of methoxy groups -OCH3 is 1. The second-order valence-corrected chi connectivity index (χ2v) is 6.47. The molecule has 5 nitrogen and oxygen atoms in total. The molecule has 2 aliphatic rings. The summed E-state index contributed by atoms with van der Waals surface area (Å²) in [5.74, 6) is 0.354. The molecule has 22 heavy (non-hydrogen) atoms. The second-order valence-electron chi connectivity index (χ2n) is 6.47. The van der Waals surface area contributed by atoms with E-state index in [2.05, 4.69) is 4.74 Å². The van der Waals surface area contributed by atoms with Crippen LogP contribution in [0.2, 0.25) is 0 Å². The fourth-order valence-electron chi connectivity index (χ4n) is 2.63. The molecule has 0 aromatic rings. The van der Waals surface area contributed by atoms with Crippen LogP contribution in [0.1, 0.15) is 64.2 Å². The number of epoxide rings is 1. The van der Waals surface area contributed by atoms with Gasteiger partial charge in [0, 0.05) is 19.6 Å². The molecule has 2 fully saturated rings. The van der Waals surface area contributed by atoms with Crippen molar-refractivity contribution < 1.29 is 23.7 Å².